The molecule has 1 atom stereocenters. The van der Waals surface area contributed by atoms with Crippen molar-refractivity contribution in [2.45, 2.75) is 44.6 Å². The second-order valence-corrected chi connectivity index (χ2v) is 5.90. The van der Waals surface area contributed by atoms with Gasteiger partial charge in [-0.1, -0.05) is 5.16 Å². The van der Waals surface area contributed by atoms with E-state index in [1.165, 1.54) is 5.56 Å². The lowest BCUT2D eigenvalue weighted by Crippen LogP contribution is -2.40. The lowest BCUT2D eigenvalue weighted by molar-refractivity contribution is 0.154. The molecule has 0 aromatic carbocycles. The van der Waals surface area contributed by atoms with E-state index in [0.717, 1.165) is 56.6 Å². The molecular weight excluding hydrogens is 268 g/mol. The van der Waals surface area contributed by atoms with E-state index in [2.05, 4.69) is 10.1 Å². The van der Waals surface area contributed by atoms with Gasteiger partial charge in [0.15, 0.2) is 5.84 Å². The van der Waals surface area contributed by atoms with Crippen molar-refractivity contribution in [3.05, 3.63) is 22.9 Å². The monoisotopic (exact) mass is 290 g/mol. The molecule has 6 nitrogen and oxygen atoms in total. The number of hydrogen-bond acceptors (Lipinski definition) is 5. The summed E-state index contributed by atoms with van der Waals surface area (Å²) in [5, 5.41) is 22.1. The fraction of sp³-hybridized carbons (Fsp3) is 0.600. The number of oxime groups is 1. The van der Waals surface area contributed by atoms with Crippen LogP contribution in [0, 0.1) is 0 Å². The maximum Gasteiger partial charge on any atom is 0.173 e. The number of nitrogens with two attached hydrogens (primary N) is 1. The minimum Gasteiger partial charge on any atom is -0.409 e. The number of aliphatic hydroxyl groups excluding tert-OH is 1. The third-order valence-corrected chi connectivity index (χ3v) is 4.36. The van der Waals surface area contributed by atoms with E-state index >= 15 is 0 Å². The highest BCUT2D eigenvalue weighted by molar-refractivity contribution is 6.01. The number of rotatable bonds is 2. The molecule has 21 heavy (non-hydrogen) atoms. The number of hydrogen-bond donors (Lipinski definition) is 3. The van der Waals surface area contributed by atoms with Gasteiger partial charge in [-0.15, -0.1) is 0 Å². The molecule has 0 spiro atoms. The van der Waals surface area contributed by atoms with Crippen LogP contribution < -0.4 is 10.6 Å². The summed E-state index contributed by atoms with van der Waals surface area (Å²) in [5.41, 5.74) is 8.83. The highest BCUT2D eigenvalue weighted by Crippen LogP contribution is 2.28. The molecule has 1 aromatic rings. The smallest absolute Gasteiger partial charge is 0.173 e. The Morgan fingerprint density at radius 1 is 1.33 bits per heavy atom. The number of anilines is 1. The summed E-state index contributed by atoms with van der Waals surface area (Å²) in [6.45, 7) is 1.39. The molecule has 1 aliphatic carbocycles. The normalized spacial score (nSPS) is 23.0. The van der Waals surface area contributed by atoms with Crippen LogP contribution in [0.25, 0.3) is 0 Å². The first-order valence-corrected chi connectivity index (χ1v) is 7.62. The van der Waals surface area contributed by atoms with Crippen LogP contribution >= 0.6 is 0 Å². The number of fused-ring (bicyclic) bond motifs is 1. The van der Waals surface area contributed by atoms with E-state index < -0.39 is 0 Å². The van der Waals surface area contributed by atoms with Crippen LogP contribution in [0.2, 0.25) is 0 Å². The van der Waals surface area contributed by atoms with E-state index in [4.69, 9.17) is 15.9 Å². The third-order valence-electron chi connectivity index (χ3n) is 4.36. The Morgan fingerprint density at radius 2 is 2.14 bits per heavy atom. The fourth-order valence-corrected chi connectivity index (χ4v) is 3.25. The van der Waals surface area contributed by atoms with Gasteiger partial charge in [0.2, 0.25) is 0 Å². The fourth-order valence-electron chi connectivity index (χ4n) is 3.25. The number of nitrogens with zero attached hydrogens (tertiary/aromatic N) is 3. The SMILES string of the molecule is NC(=NO)c1cc2c(nc1N1CCCC(O)C1)CCCC2. The van der Waals surface area contributed by atoms with E-state index in [1.807, 2.05) is 6.07 Å². The van der Waals surface area contributed by atoms with Crippen molar-refractivity contribution in [3.8, 4) is 0 Å². The largest absolute Gasteiger partial charge is 0.409 e. The molecule has 0 bridgehead atoms. The first kappa shape index (κ1) is 14.1. The molecule has 3 rings (SSSR count). The Morgan fingerprint density at radius 3 is 2.90 bits per heavy atom. The van der Waals surface area contributed by atoms with Crippen molar-refractivity contribution >= 4 is 11.7 Å². The van der Waals surface area contributed by atoms with Gasteiger partial charge in [-0.2, -0.15) is 0 Å². The molecule has 114 valence electrons. The van der Waals surface area contributed by atoms with Gasteiger partial charge in [-0.25, -0.2) is 4.98 Å². The summed E-state index contributed by atoms with van der Waals surface area (Å²) >= 11 is 0. The van der Waals surface area contributed by atoms with Crippen molar-refractivity contribution in [1.82, 2.24) is 4.98 Å². The summed E-state index contributed by atoms with van der Waals surface area (Å²) in [7, 11) is 0. The number of aliphatic hydroxyl groups is 1. The molecule has 0 radical (unpaired) electrons. The average molecular weight is 290 g/mol. The van der Waals surface area contributed by atoms with Crippen LogP contribution in [-0.4, -0.2) is 40.3 Å². The minimum atomic E-state index is -0.336. The highest BCUT2D eigenvalue weighted by Gasteiger charge is 2.25. The van der Waals surface area contributed by atoms with Crippen LogP contribution in [0.3, 0.4) is 0 Å². The van der Waals surface area contributed by atoms with Gasteiger partial charge in [-0.05, 0) is 50.2 Å². The molecule has 1 fully saturated rings. The summed E-state index contributed by atoms with van der Waals surface area (Å²) in [4.78, 5) is 6.84. The first-order valence-electron chi connectivity index (χ1n) is 7.62. The van der Waals surface area contributed by atoms with Gasteiger partial charge in [0, 0.05) is 18.8 Å². The lowest BCUT2D eigenvalue weighted by Gasteiger charge is -2.33. The standard InChI is InChI=1S/C15H22N4O2/c16-14(18-21)12-8-10-4-1-2-6-13(10)17-15(12)19-7-3-5-11(20)9-19/h8,11,20-21H,1-7,9H2,(H2,16,18). The number of amidine groups is 1. The zero-order chi connectivity index (χ0) is 14.8. The van der Waals surface area contributed by atoms with Crippen molar-refractivity contribution in [2.24, 2.45) is 10.9 Å². The Bertz CT molecular complexity index is 559. The molecule has 0 amide bonds. The molecule has 2 heterocycles. The topological polar surface area (TPSA) is 95.0 Å². The number of pyridine rings is 1. The summed E-state index contributed by atoms with van der Waals surface area (Å²) in [6, 6.07) is 2.01. The Kier molecular flexibility index (Phi) is 3.96. The summed E-state index contributed by atoms with van der Waals surface area (Å²) < 4.78 is 0. The van der Waals surface area contributed by atoms with Gasteiger partial charge < -0.3 is 20.9 Å². The molecule has 1 aromatic heterocycles. The first-order chi connectivity index (χ1) is 10.2. The summed E-state index contributed by atoms with van der Waals surface area (Å²) in [6.07, 6.45) is 5.70. The zero-order valence-corrected chi connectivity index (χ0v) is 12.1. The lowest BCUT2D eigenvalue weighted by atomic mass is 9.94. The number of piperidine rings is 1. The van der Waals surface area contributed by atoms with E-state index in [-0.39, 0.29) is 11.9 Å². The maximum absolute atomic E-state index is 9.89. The maximum atomic E-state index is 9.89. The molecule has 1 unspecified atom stereocenters. The number of β-amino-alcohol motifs (C(OH)–C–C–N with tert-alkyl or cyclic N) is 1. The van der Waals surface area contributed by atoms with Gasteiger partial charge in [-0.3, -0.25) is 0 Å². The van der Waals surface area contributed by atoms with Crippen LogP contribution in [0.1, 0.15) is 42.5 Å². The van der Waals surface area contributed by atoms with Crippen LogP contribution in [0.5, 0.6) is 0 Å². The Labute approximate surface area is 124 Å². The molecule has 6 heteroatoms. The minimum absolute atomic E-state index is 0.0888. The van der Waals surface area contributed by atoms with Gasteiger partial charge in [0.05, 0.1) is 11.7 Å². The Hall–Kier alpha value is -1.82. The van der Waals surface area contributed by atoms with E-state index in [0.29, 0.717) is 12.1 Å². The molecular formula is C15H22N4O2. The van der Waals surface area contributed by atoms with Crippen molar-refractivity contribution in [1.29, 1.82) is 0 Å². The van der Waals surface area contributed by atoms with Crippen LogP contribution in [0.4, 0.5) is 5.82 Å². The summed E-state index contributed by atoms with van der Waals surface area (Å²) in [5.74, 6) is 0.829. The molecule has 1 saturated heterocycles. The molecule has 4 N–H and O–H groups in total. The third kappa shape index (κ3) is 2.81. The van der Waals surface area contributed by atoms with Crippen molar-refractivity contribution < 1.29 is 10.3 Å². The molecule has 1 aliphatic heterocycles. The van der Waals surface area contributed by atoms with Gasteiger partial charge in [0.1, 0.15) is 5.82 Å². The predicted octanol–water partition coefficient (Wildman–Crippen LogP) is 1.02. The van der Waals surface area contributed by atoms with E-state index in [1.54, 1.807) is 0 Å². The number of aryl methyl sites for hydroxylation is 2. The number of aromatic nitrogens is 1. The quantitative estimate of drug-likeness (QED) is 0.327. The second kappa shape index (κ2) is 5.89. The van der Waals surface area contributed by atoms with Crippen LogP contribution in [0.15, 0.2) is 11.2 Å². The van der Waals surface area contributed by atoms with Gasteiger partial charge >= 0.3 is 0 Å². The average Bonchev–Trinajstić information content (AvgIpc) is 2.53. The molecule has 2 aliphatic rings. The van der Waals surface area contributed by atoms with E-state index in [9.17, 15) is 5.11 Å². The van der Waals surface area contributed by atoms with Crippen molar-refractivity contribution in [2.75, 3.05) is 18.0 Å². The molecule has 0 saturated carbocycles. The Balaban J connectivity index is 2.03. The van der Waals surface area contributed by atoms with Crippen LogP contribution in [-0.2, 0) is 12.8 Å². The van der Waals surface area contributed by atoms with Crippen molar-refractivity contribution in [3.63, 3.8) is 0 Å². The second-order valence-electron chi connectivity index (χ2n) is 5.90. The highest BCUT2D eigenvalue weighted by atomic mass is 16.4. The van der Waals surface area contributed by atoms with Gasteiger partial charge in [0.25, 0.3) is 0 Å². The zero-order valence-electron chi connectivity index (χ0n) is 12.1. The predicted molar refractivity (Wildman–Crippen MR) is 80.8 cm³/mol.